The highest BCUT2D eigenvalue weighted by Gasteiger charge is 2.13. The molecule has 0 bridgehead atoms. The molecule has 2 aromatic carbocycles. The minimum atomic E-state index is -1.13. The van der Waals surface area contributed by atoms with Gasteiger partial charge in [0.15, 0.2) is 5.76 Å². The zero-order chi connectivity index (χ0) is 19.2. The summed E-state index contributed by atoms with van der Waals surface area (Å²) in [5.74, 6) is 1.14. The molecule has 0 unspecified atom stereocenters. The Bertz CT molecular complexity index is 950. The van der Waals surface area contributed by atoms with Crippen LogP contribution in [0.4, 0.5) is 0 Å². The summed E-state index contributed by atoms with van der Waals surface area (Å²) in [7, 11) is -1.13. The number of nitrogens with one attached hydrogen (secondary N) is 1. The lowest BCUT2D eigenvalue weighted by Gasteiger charge is -2.06. The fraction of sp³-hybridized carbons (Fsp3) is 0.190. The number of benzene rings is 2. The van der Waals surface area contributed by atoms with Crippen LogP contribution in [-0.2, 0) is 28.9 Å². The molecule has 0 radical (unpaired) electrons. The zero-order valence-electron chi connectivity index (χ0n) is 14.9. The number of halogens is 1. The average molecular weight is 402 g/mol. The van der Waals surface area contributed by atoms with Gasteiger partial charge in [0.2, 0.25) is 0 Å². The molecule has 0 saturated carbocycles. The van der Waals surface area contributed by atoms with E-state index in [0.717, 1.165) is 16.7 Å². The van der Waals surface area contributed by atoms with Crippen LogP contribution in [0.3, 0.4) is 0 Å². The summed E-state index contributed by atoms with van der Waals surface area (Å²) in [5, 5.41) is 3.50. The van der Waals surface area contributed by atoms with E-state index in [1.54, 1.807) is 24.3 Å². The van der Waals surface area contributed by atoms with Gasteiger partial charge in [-0.25, -0.2) is 0 Å². The largest absolute Gasteiger partial charge is 0.455 e. The second-order valence-corrected chi connectivity index (χ2v) is 8.12. The molecular weight excluding hydrogens is 382 g/mol. The van der Waals surface area contributed by atoms with Crippen LogP contribution in [0.15, 0.2) is 65.1 Å². The Balaban J connectivity index is 1.54. The van der Waals surface area contributed by atoms with Gasteiger partial charge in [0, 0.05) is 28.1 Å². The van der Waals surface area contributed by atoms with E-state index >= 15 is 0 Å². The van der Waals surface area contributed by atoms with Crippen molar-refractivity contribution in [3.63, 3.8) is 0 Å². The Kier molecular flexibility index (Phi) is 6.48. The van der Waals surface area contributed by atoms with Crippen molar-refractivity contribution in [1.82, 2.24) is 5.32 Å². The number of aryl methyl sites for hydroxylation is 1. The van der Waals surface area contributed by atoms with E-state index in [-0.39, 0.29) is 17.4 Å². The Labute approximate surface area is 166 Å². The van der Waals surface area contributed by atoms with Crippen LogP contribution in [0.25, 0.3) is 0 Å². The predicted octanol–water partition coefficient (Wildman–Crippen LogP) is 4.62. The fourth-order valence-corrected chi connectivity index (χ4v) is 3.89. The molecule has 1 aromatic heterocycles. The Morgan fingerprint density at radius 3 is 2.52 bits per heavy atom. The van der Waals surface area contributed by atoms with Crippen molar-refractivity contribution in [3.05, 3.63) is 93.9 Å². The molecule has 0 spiro atoms. The summed E-state index contributed by atoms with van der Waals surface area (Å²) in [6, 6.07) is 18.4. The second-order valence-electron chi connectivity index (χ2n) is 6.23. The summed E-state index contributed by atoms with van der Waals surface area (Å²) in [6.45, 7) is 2.44. The van der Waals surface area contributed by atoms with Crippen molar-refractivity contribution in [3.8, 4) is 0 Å². The fourth-order valence-electron chi connectivity index (χ4n) is 2.62. The summed E-state index contributed by atoms with van der Waals surface area (Å²) in [5.41, 5.74) is 3.12. The van der Waals surface area contributed by atoms with Crippen LogP contribution in [0.5, 0.6) is 0 Å². The number of furan rings is 1. The van der Waals surface area contributed by atoms with Crippen LogP contribution < -0.4 is 5.32 Å². The van der Waals surface area contributed by atoms with Crippen molar-refractivity contribution < 1.29 is 13.4 Å². The van der Waals surface area contributed by atoms with Gasteiger partial charge in [0.25, 0.3) is 5.91 Å². The molecule has 1 amide bonds. The van der Waals surface area contributed by atoms with Gasteiger partial charge < -0.3 is 9.73 Å². The van der Waals surface area contributed by atoms with Gasteiger partial charge in [0.05, 0.1) is 5.75 Å². The molecule has 140 valence electrons. The predicted molar refractivity (Wildman–Crippen MR) is 108 cm³/mol. The van der Waals surface area contributed by atoms with Crippen LogP contribution in [0.1, 0.15) is 33.0 Å². The van der Waals surface area contributed by atoms with Gasteiger partial charge in [-0.05, 0) is 47.9 Å². The maximum Gasteiger partial charge on any atom is 0.287 e. The lowest BCUT2D eigenvalue weighted by Crippen LogP contribution is -2.22. The number of amides is 1. The molecule has 4 nitrogen and oxygen atoms in total. The van der Waals surface area contributed by atoms with Crippen LogP contribution in [0, 0.1) is 6.92 Å². The third kappa shape index (κ3) is 5.55. The molecule has 3 rings (SSSR count). The van der Waals surface area contributed by atoms with Gasteiger partial charge >= 0.3 is 0 Å². The molecule has 0 aliphatic heterocycles. The molecule has 0 fully saturated rings. The lowest BCUT2D eigenvalue weighted by molar-refractivity contribution is 0.0921. The maximum absolute atomic E-state index is 12.3. The van der Waals surface area contributed by atoms with Gasteiger partial charge in [-0.1, -0.05) is 48.0 Å². The Morgan fingerprint density at radius 1 is 1.04 bits per heavy atom. The molecule has 1 N–H and O–H groups in total. The molecule has 0 saturated heterocycles. The number of carbonyl (C=O) groups is 1. The third-order valence-electron chi connectivity index (χ3n) is 4.13. The standard InChI is InChI=1S/C21H20ClNO3S/c1-15-4-2-3-5-17(15)12-23-21(24)20-11-10-19(26-20)14-27(25)13-16-6-8-18(22)9-7-16/h2-11H,12-14H2,1H3,(H,23,24)/t27-/m1/s1. The first-order valence-corrected chi connectivity index (χ1v) is 10.4. The van der Waals surface area contributed by atoms with Gasteiger partial charge in [-0.2, -0.15) is 0 Å². The molecule has 1 heterocycles. The van der Waals surface area contributed by atoms with E-state index in [4.69, 9.17) is 16.0 Å². The molecule has 3 aromatic rings. The maximum atomic E-state index is 12.3. The topological polar surface area (TPSA) is 59.3 Å². The van der Waals surface area contributed by atoms with E-state index in [1.807, 2.05) is 43.3 Å². The third-order valence-corrected chi connectivity index (χ3v) is 5.64. The van der Waals surface area contributed by atoms with Crippen molar-refractivity contribution in [2.45, 2.75) is 25.0 Å². The number of hydrogen-bond acceptors (Lipinski definition) is 3. The minimum absolute atomic E-state index is 0.224. The first-order valence-electron chi connectivity index (χ1n) is 8.52. The molecule has 1 atom stereocenters. The Morgan fingerprint density at radius 2 is 1.78 bits per heavy atom. The highest BCUT2D eigenvalue weighted by molar-refractivity contribution is 7.83. The minimum Gasteiger partial charge on any atom is -0.455 e. The van der Waals surface area contributed by atoms with Crippen molar-refractivity contribution in [1.29, 1.82) is 0 Å². The van der Waals surface area contributed by atoms with Crippen LogP contribution >= 0.6 is 11.6 Å². The van der Waals surface area contributed by atoms with E-state index in [2.05, 4.69) is 5.32 Å². The van der Waals surface area contributed by atoms with Gasteiger partial charge in [0.1, 0.15) is 5.76 Å². The zero-order valence-corrected chi connectivity index (χ0v) is 16.5. The average Bonchev–Trinajstić information content (AvgIpc) is 3.11. The van der Waals surface area contributed by atoms with Crippen molar-refractivity contribution in [2.75, 3.05) is 0 Å². The molecular formula is C21H20ClNO3S. The van der Waals surface area contributed by atoms with E-state index < -0.39 is 10.8 Å². The van der Waals surface area contributed by atoms with Crippen LogP contribution in [-0.4, -0.2) is 10.1 Å². The normalized spacial score (nSPS) is 11.9. The van der Waals surface area contributed by atoms with Gasteiger partial charge in [-0.15, -0.1) is 0 Å². The van der Waals surface area contributed by atoms with Crippen molar-refractivity contribution in [2.24, 2.45) is 0 Å². The summed E-state index contributed by atoms with van der Waals surface area (Å²) in [6.07, 6.45) is 0. The molecule has 0 aliphatic rings. The SMILES string of the molecule is Cc1ccccc1CNC(=O)c1ccc(C[S@](=O)Cc2ccc(Cl)cc2)o1. The van der Waals surface area contributed by atoms with E-state index in [1.165, 1.54) is 0 Å². The highest BCUT2D eigenvalue weighted by Crippen LogP contribution is 2.15. The van der Waals surface area contributed by atoms with E-state index in [0.29, 0.717) is 23.1 Å². The van der Waals surface area contributed by atoms with Crippen molar-refractivity contribution >= 4 is 28.3 Å². The number of carbonyl (C=O) groups excluding carboxylic acids is 1. The van der Waals surface area contributed by atoms with Crippen LogP contribution in [0.2, 0.25) is 5.02 Å². The first kappa shape index (κ1) is 19.4. The second kappa shape index (κ2) is 9.02. The quantitative estimate of drug-likeness (QED) is 0.628. The molecule has 6 heteroatoms. The molecule has 0 aliphatic carbocycles. The Hall–Kier alpha value is -2.37. The first-order chi connectivity index (χ1) is 13.0. The summed E-state index contributed by atoms with van der Waals surface area (Å²) < 4.78 is 17.9. The number of rotatable bonds is 7. The van der Waals surface area contributed by atoms with E-state index in [9.17, 15) is 9.00 Å². The molecule has 27 heavy (non-hydrogen) atoms. The van der Waals surface area contributed by atoms with Gasteiger partial charge in [-0.3, -0.25) is 9.00 Å². The summed E-state index contributed by atoms with van der Waals surface area (Å²) >= 11 is 5.86. The lowest BCUT2D eigenvalue weighted by atomic mass is 10.1. The highest BCUT2D eigenvalue weighted by atomic mass is 35.5. The summed E-state index contributed by atoms with van der Waals surface area (Å²) in [4.78, 5) is 12.3. The monoisotopic (exact) mass is 401 g/mol. The smallest absolute Gasteiger partial charge is 0.287 e. The number of hydrogen-bond donors (Lipinski definition) is 1.